The second-order valence-electron chi connectivity index (χ2n) is 11.7. The monoisotopic (exact) mass is 616 g/mol. The number of aliphatic hydroxyl groups excluding tert-OH is 1. The molecule has 0 aliphatic carbocycles. The Hall–Kier alpha value is -3.06. The molecule has 1 aromatic rings. The first-order valence-electron chi connectivity index (χ1n) is 14.8. The van der Waals surface area contributed by atoms with Crippen LogP contribution in [0.4, 0.5) is 23.7 Å². The number of nitrogens with one attached hydrogen (secondary N) is 2. The van der Waals surface area contributed by atoms with E-state index < -0.39 is 49.0 Å². The van der Waals surface area contributed by atoms with Crippen molar-refractivity contribution in [3.63, 3.8) is 0 Å². The standard InChI is InChI=1S/C30H47F3N4O6/c1-19(2)34-29(41)35-23-10-11-25-24(15-23)28(40)37(21(4)18-38)16-20(3)26(42-14-8-7-9-22(5)43-25)17-36(6)27(39)12-13-30(31,32)33/h10-11,15,19-22,26,38H,7-9,12-14,16-18H2,1-6H3,(H2,34,35,41)/t20-,21-,22+,26+/m0/s1. The third-order valence-electron chi connectivity index (χ3n) is 7.23. The number of carbonyl (C=O) groups is 3. The van der Waals surface area contributed by atoms with Gasteiger partial charge in [0.05, 0.1) is 36.8 Å². The molecule has 0 aromatic heterocycles. The second kappa shape index (κ2) is 16.7. The number of likely N-dealkylation sites (N-methyl/N-ethyl adjacent to an activating group) is 1. The molecule has 1 heterocycles. The third-order valence-corrected chi connectivity index (χ3v) is 7.23. The number of halogens is 3. The van der Waals surface area contributed by atoms with Crippen molar-refractivity contribution < 1.29 is 42.1 Å². The number of benzene rings is 1. The predicted octanol–water partition coefficient (Wildman–Crippen LogP) is 4.81. The Morgan fingerprint density at radius 3 is 2.51 bits per heavy atom. The zero-order valence-electron chi connectivity index (χ0n) is 26.0. The van der Waals surface area contributed by atoms with E-state index in [1.165, 1.54) is 16.8 Å². The van der Waals surface area contributed by atoms with E-state index in [0.29, 0.717) is 30.9 Å². The molecule has 0 fully saturated rings. The van der Waals surface area contributed by atoms with E-state index in [1.54, 1.807) is 25.1 Å². The second-order valence-corrected chi connectivity index (χ2v) is 11.7. The molecule has 0 saturated carbocycles. The number of hydrogen-bond donors (Lipinski definition) is 3. The molecule has 0 spiro atoms. The summed E-state index contributed by atoms with van der Waals surface area (Å²) in [6.45, 7) is 9.26. The Kier molecular flexibility index (Phi) is 14.0. The molecule has 2 rings (SSSR count). The van der Waals surface area contributed by atoms with Crippen molar-refractivity contribution in [1.82, 2.24) is 15.1 Å². The van der Waals surface area contributed by atoms with E-state index in [1.807, 2.05) is 27.7 Å². The highest BCUT2D eigenvalue weighted by Crippen LogP contribution is 2.29. The molecule has 13 heteroatoms. The first kappa shape index (κ1) is 36.1. The Labute approximate surface area is 252 Å². The SMILES string of the molecule is CC(C)NC(=O)Nc1ccc2c(c1)C(=O)N([C@@H](C)CO)C[C@H](C)[C@@H](CN(C)C(=O)CCC(F)(F)F)OCCCC[C@@H](C)O2. The quantitative estimate of drug-likeness (QED) is 0.386. The maximum Gasteiger partial charge on any atom is 0.389 e. The summed E-state index contributed by atoms with van der Waals surface area (Å²) in [6, 6.07) is 3.69. The van der Waals surface area contributed by atoms with Crippen molar-refractivity contribution in [1.29, 1.82) is 0 Å². The summed E-state index contributed by atoms with van der Waals surface area (Å²) >= 11 is 0. The maximum absolute atomic E-state index is 14.1. The number of carbonyl (C=O) groups excluding carboxylic acids is 3. The topological polar surface area (TPSA) is 120 Å². The number of fused-ring (bicyclic) bond motifs is 1. The van der Waals surface area contributed by atoms with Crippen LogP contribution in [0.3, 0.4) is 0 Å². The molecule has 10 nitrogen and oxygen atoms in total. The zero-order chi connectivity index (χ0) is 32.3. The van der Waals surface area contributed by atoms with Crippen molar-refractivity contribution >= 4 is 23.5 Å². The average molecular weight is 617 g/mol. The van der Waals surface area contributed by atoms with Gasteiger partial charge in [-0.1, -0.05) is 6.92 Å². The number of ether oxygens (including phenoxy) is 2. The Bertz CT molecular complexity index is 1070. The van der Waals surface area contributed by atoms with Gasteiger partial charge in [-0.15, -0.1) is 0 Å². The van der Waals surface area contributed by atoms with Crippen LogP contribution in [0.15, 0.2) is 18.2 Å². The summed E-state index contributed by atoms with van der Waals surface area (Å²) in [5, 5.41) is 15.5. The van der Waals surface area contributed by atoms with Crippen LogP contribution >= 0.6 is 0 Å². The van der Waals surface area contributed by atoms with E-state index in [4.69, 9.17) is 9.47 Å². The summed E-state index contributed by atoms with van der Waals surface area (Å²) < 4.78 is 50.4. The van der Waals surface area contributed by atoms with E-state index in [0.717, 1.165) is 6.42 Å². The van der Waals surface area contributed by atoms with Crippen molar-refractivity contribution in [3.05, 3.63) is 23.8 Å². The van der Waals surface area contributed by atoms with Gasteiger partial charge in [-0.2, -0.15) is 13.2 Å². The minimum Gasteiger partial charge on any atom is -0.490 e. The molecule has 3 N–H and O–H groups in total. The van der Waals surface area contributed by atoms with Crippen LogP contribution in [-0.2, 0) is 9.53 Å². The van der Waals surface area contributed by atoms with Gasteiger partial charge in [0.1, 0.15) is 5.75 Å². The summed E-state index contributed by atoms with van der Waals surface area (Å²) in [4.78, 5) is 41.6. The normalized spacial score (nSPS) is 21.3. The van der Waals surface area contributed by atoms with Gasteiger partial charge in [-0.3, -0.25) is 9.59 Å². The molecule has 43 heavy (non-hydrogen) atoms. The van der Waals surface area contributed by atoms with Crippen molar-refractivity contribution in [2.45, 2.75) is 97.2 Å². The van der Waals surface area contributed by atoms with Crippen LogP contribution in [-0.4, -0.2) is 96.6 Å². The van der Waals surface area contributed by atoms with Crippen molar-refractivity contribution in [2.24, 2.45) is 5.92 Å². The number of hydrogen-bond acceptors (Lipinski definition) is 6. The highest BCUT2D eigenvalue weighted by molar-refractivity contribution is 5.99. The Balaban J connectivity index is 2.40. The minimum absolute atomic E-state index is 0.0442. The van der Waals surface area contributed by atoms with Gasteiger partial charge < -0.3 is 35.0 Å². The summed E-state index contributed by atoms with van der Waals surface area (Å²) in [5.74, 6) is -1.10. The van der Waals surface area contributed by atoms with E-state index >= 15 is 0 Å². The smallest absolute Gasteiger partial charge is 0.389 e. The van der Waals surface area contributed by atoms with Crippen LogP contribution in [0.2, 0.25) is 0 Å². The lowest BCUT2D eigenvalue weighted by molar-refractivity contribution is -0.149. The van der Waals surface area contributed by atoms with E-state index in [-0.39, 0.29) is 43.3 Å². The predicted molar refractivity (Wildman–Crippen MR) is 157 cm³/mol. The summed E-state index contributed by atoms with van der Waals surface area (Å²) in [5.41, 5.74) is 0.586. The molecule has 1 aliphatic rings. The third kappa shape index (κ3) is 12.2. The average Bonchev–Trinajstić information content (AvgIpc) is 2.92. The molecule has 0 unspecified atom stereocenters. The molecule has 0 saturated heterocycles. The Morgan fingerprint density at radius 2 is 1.88 bits per heavy atom. The van der Waals surface area contributed by atoms with Crippen LogP contribution in [0.5, 0.6) is 5.75 Å². The van der Waals surface area contributed by atoms with Gasteiger partial charge in [0.2, 0.25) is 5.91 Å². The lowest BCUT2D eigenvalue weighted by atomic mass is 10.0. The molecule has 1 aliphatic heterocycles. The van der Waals surface area contributed by atoms with Gasteiger partial charge >= 0.3 is 12.2 Å². The first-order valence-corrected chi connectivity index (χ1v) is 14.8. The molecular formula is C30H47F3N4O6. The number of alkyl halides is 3. The van der Waals surface area contributed by atoms with Crippen molar-refractivity contribution in [3.8, 4) is 5.75 Å². The minimum atomic E-state index is -4.43. The Morgan fingerprint density at radius 1 is 1.19 bits per heavy atom. The molecule has 4 atom stereocenters. The summed E-state index contributed by atoms with van der Waals surface area (Å²) in [6.07, 6.45) is -5.00. The fourth-order valence-corrected chi connectivity index (χ4v) is 4.70. The van der Waals surface area contributed by atoms with Crippen molar-refractivity contribution in [2.75, 3.05) is 38.7 Å². The van der Waals surface area contributed by atoms with Gasteiger partial charge in [0, 0.05) is 50.8 Å². The molecule has 1 aromatic carbocycles. The molecule has 0 bridgehead atoms. The number of amides is 4. The fourth-order valence-electron chi connectivity index (χ4n) is 4.70. The largest absolute Gasteiger partial charge is 0.490 e. The molecule has 4 amide bonds. The summed E-state index contributed by atoms with van der Waals surface area (Å²) in [7, 11) is 1.44. The van der Waals surface area contributed by atoms with E-state index in [2.05, 4.69) is 10.6 Å². The van der Waals surface area contributed by atoms with Crippen LogP contribution in [0, 0.1) is 5.92 Å². The maximum atomic E-state index is 14.1. The van der Waals surface area contributed by atoms with Crippen LogP contribution in [0.1, 0.15) is 77.1 Å². The zero-order valence-corrected chi connectivity index (χ0v) is 26.0. The highest BCUT2D eigenvalue weighted by Gasteiger charge is 2.32. The van der Waals surface area contributed by atoms with E-state index in [9.17, 15) is 32.7 Å². The van der Waals surface area contributed by atoms with Gasteiger partial charge in [0.25, 0.3) is 5.91 Å². The number of rotatable bonds is 8. The number of urea groups is 1. The number of nitrogens with zero attached hydrogens (tertiary/aromatic N) is 2. The van der Waals surface area contributed by atoms with Crippen LogP contribution in [0.25, 0.3) is 0 Å². The van der Waals surface area contributed by atoms with Crippen LogP contribution < -0.4 is 15.4 Å². The molecular weight excluding hydrogens is 569 g/mol. The van der Waals surface area contributed by atoms with Gasteiger partial charge in [0.15, 0.2) is 0 Å². The lowest BCUT2D eigenvalue weighted by Gasteiger charge is -2.36. The molecule has 0 radical (unpaired) electrons. The fraction of sp³-hybridized carbons (Fsp3) is 0.700. The first-order chi connectivity index (χ1) is 20.1. The lowest BCUT2D eigenvalue weighted by Crippen LogP contribution is -2.48. The van der Waals surface area contributed by atoms with Gasteiger partial charge in [-0.05, 0) is 65.2 Å². The number of anilines is 1. The highest BCUT2D eigenvalue weighted by atomic mass is 19.4. The molecule has 244 valence electrons. The van der Waals surface area contributed by atoms with Gasteiger partial charge in [-0.25, -0.2) is 4.79 Å². The number of aliphatic hydroxyl groups is 1.